The maximum atomic E-state index is 11.7. The lowest BCUT2D eigenvalue weighted by Crippen LogP contribution is -2.36. The third kappa shape index (κ3) is 1.56. The molecule has 0 radical (unpaired) electrons. The van der Waals surface area contributed by atoms with E-state index >= 15 is 0 Å². The molecule has 0 aliphatic carbocycles. The lowest BCUT2D eigenvalue weighted by Gasteiger charge is -2.20. The van der Waals surface area contributed by atoms with Gasteiger partial charge in [0.05, 0.1) is 0 Å². The van der Waals surface area contributed by atoms with Crippen molar-refractivity contribution in [2.75, 3.05) is 5.32 Å². The normalized spacial score (nSPS) is 22.8. The average molecular weight is 284 g/mol. The highest BCUT2D eigenvalue weighted by atomic mass is 79.9. The summed E-state index contributed by atoms with van der Waals surface area (Å²) in [7, 11) is 0. The summed E-state index contributed by atoms with van der Waals surface area (Å²) in [4.78, 5) is 22.8. The number of hydrogen-bond donors (Lipinski definition) is 2. The largest absolute Gasteiger partial charge is 0.375 e. The van der Waals surface area contributed by atoms with Gasteiger partial charge < -0.3 is 10.4 Å². The zero-order valence-electron chi connectivity index (χ0n) is 8.58. The second-order valence-corrected chi connectivity index (χ2v) is 4.71. The van der Waals surface area contributed by atoms with Gasteiger partial charge in [-0.2, -0.15) is 0 Å². The first kappa shape index (κ1) is 11.3. The molecule has 16 heavy (non-hydrogen) atoms. The van der Waals surface area contributed by atoms with Crippen LogP contribution < -0.4 is 5.32 Å². The zero-order chi connectivity index (χ0) is 11.9. The van der Waals surface area contributed by atoms with Crippen molar-refractivity contribution in [3.8, 4) is 0 Å². The molecule has 84 valence electrons. The number of halogens is 1. The van der Waals surface area contributed by atoms with Crippen LogP contribution in [0.5, 0.6) is 0 Å². The van der Waals surface area contributed by atoms with Gasteiger partial charge in [0.25, 0.3) is 5.91 Å². The average Bonchev–Trinajstić information content (AvgIpc) is 2.39. The van der Waals surface area contributed by atoms with Gasteiger partial charge in [0, 0.05) is 22.1 Å². The van der Waals surface area contributed by atoms with Crippen LogP contribution in [-0.4, -0.2) is 16.8 Å². The molecule has 1 aliphatic rings. The summed E-state index contributed by atoms with van der Waals surface area (Å²) in [6.45, 7) is 1.35. The Hall–Kier alpha value is -1.20. The monoisotopic (exact) mass is 283 g/mol. The molecule has 0 saturated heterocycles. The number of amides is 1. The van der Waals surface area contributed by atoms with E-state index in [2.05, 4.69) is 21.2 Å². The van der Waals surface area contributed by atoms with Crippen LogP contribution in [0.15, 0.2) is 22.7 Å². The Morgan fingerprint density at radius 2 is 2.25 bits per heavy atom. The first-order valence-electron chi connectivity index (χ1n) is 4.77. The number of fused-ring (bicyclic) bond motifs is 1. The van der Waals surface area contributed by atoms with Gasteiger partial charge in [-0.3, -0.25) is 9.59 Å². The van der Waals surface area contributed by atoms with Crippen LogP contribution in [-0.2, 0) is 15.2 Å². The predicted octanol–water partition coefficient (Wildman–Crippen LogP) is 1.57. The number of carbonyl (C=O) groups is 2. The number of Topliss-reactive ketones (excluding diaryl/α,β-unsaturated/α-hetero) is 1. The van der Waals surface area contributed by atoms with Gasteiger partial charge in [-0.1, -0.05) is 22.0 Å². The number of anilines is 1. The Balaban J connectivity index is 2.58. The molecule has 1 atom stereocenters. The summed E-state index contributed by atoms with van der Waals surface area (Å²) < 4.78 is 0.618. The van der Waals surface area contributed by atoms with E-state index in [1.165, 1.54) is 6.92 Å². The van der Waals surface area contributed by atoms with Crippen molar-refractivity contribution in [3.63, 3.8) is 0 Å². The Morgan fingerprint density at radius 1 is 1.56 bits per heavy atom. The maximum absolute atomic E-state index is 11.7. The SMILES string of the molecule is CC(=O)C[C@@]1(O)C(=O)Nc2cccc(Br)c21. The van der Waals surface area contributed by atoms with Crippen LogP contribution in [0.1, 0.15) is 18.9 Å². The molecule has 2 rings (SSSR count). The van der Waals surface area contributed by atoms with E-state index in [1.807, 2.05) is 0 Å². The predicted molar refractivity (Wildman–Crippen MR) is 62.0 cm³/mol. The molecule has 2 N–H and O–H groups in total. The fourth-order valence-corrected chi connectivity index (χ4v) is 2.61. The molecule has 0 fully saturated rings. The molecule has 5 heteroatoms. The summed E-state index contributed by atoms with van der Waals surface area (Å²) in [5.74, 6) is -0.786. The third-order valence-electron chi connectivity index (χ3n) is 2.56. The number of ketones is 1. The highest BCUT2D eigenvalue weighted by molar-refractivity contribution is 9.10. The van der Waals surface area contributed by atoms with E-state index in [1.54, 1.807) is 18.2 Å². The minimum absolute atomic E-state index is 0.214. The van der Waals surface area contributed by atoms with Gasteiger partial charge in [-0.25, -0.2) is 0 Å². The van der Waals surface area contributed by atoms with E-state index in [9.17, 15) is 14.7 Å². The molecule has 1 amide bonds. The summed E-state index contributed by atoms with van der Waals surface area (Å²) in [6.07, 6.45) is -0.214. The minimum Gasteiger partial charge on any atom is -0.375 e. The Labute approximate surface area is 101 Å². The highest BCUT2D eigenvalue weighted by Gasteiger charge is 2.47. The number of aliphatic hydroxyl groups is 1. The molecule has 0 spiro atoms. The molecule has 0 bridgehead atoms. The Morgan fingerprint density at radius 3 is 2.88 bits per heavy atom. The van der Waals surface area contributed by atoms with Crippen molar-refractivity contribution in [3.05, 3.63) is 28.2 Å². The van der Waals surface area contributed by atoms with E-state index < -0.39 is 11.5 Å². The van der Waals surface area contributed by atoms with Crippen LogP contribution in [0.4, 0.5) is 5.69 Å². The topological polar surface area (TPSA) is 66.4 Å². The van der Waals surface area contributed by atoms with Gasteiger partial charge >= 0.3 is 0 Å². The molecule has 1 aliphatic heterocycles. The van der Waals surface area contributed by atoms with Crippen molar-refractivity contribution >= 4 is 33.3 Å². The second kappa shape index (κ2) is 3.68. The maximum Gasteiger partial charge on any atom is 0.261 e. The lowest BCUT2D eigenvalue weighted by atomic mass is 9.90. The number of nitrogens with one attached hydrogen (secondary N) is 1. The number of carbonyl (C=O) groups excluding carboxylic acids is 2. The summed E-state index contributed by atoms with van der Waals surface area (Å²) in [5, 5.41) is 12.9. The highest BCUT2D eigenvalue weighted by Crippen LogP contribution is 2.42. The molecule has 0 aromatic heterocycles. The van der Waals surface area contributed by atoms with Gasteiger partial charge in [-0.05, 0) is 19.1 Å². The van der Waals surface area contributed by atoms with Crippen LogP contribution in [0.3, 0.4) is 0 Å². The van der Waals surface area contributed by atoms with Crippen molar-refractivity contribution in [2.45, 2.75) is 18.9 Å². The first-order valence-corrected chi connectivity index (χ1v) is 5.56. The molecular weight excluding hydrogens is 274 g/mol. The van der Waals surface area contributed by atoms with Crippen LogP contribution >= 0.6 is 15.9 Å². The number of benzene rings is 1. The summed E-state index contributed by atoms with van der Waals surface area (Å²) in [5.41, 5.74) is -0.764. The van der Waals surface area contributed by atoms with Gasteiger partial charge in [0.1, 0.15) is 5.78 Å². The fourth-order valence-electron chi connectivity index (χ4n) is 1.92. The minimum atomic E-state index is -1.75. The van der Waals surface area contributed by atoms with Gasteiger partial charge in [-0.15, -0.1) is 0 Å². The number of rotatable bonds is 2. The molecule has 1 aromatic carbocycles. The molecule has 1 aromatic rings. The van der Waals surface area contributed by atoms with Gasteiger partial charge in [0.2, 0.25) is 0 Å². The second-order valence-electron chi connectivity index (χ2n) is 3.86. The first-order chi connectivity index (χ1) is 7.45. The summed E-state index contributed by atoms with van der Waals surface area (Å²) in [6, 6.07) is 5.17. The zero-order valence-corrected chi connectivity index (χ0v) is 10.2. The standard InChI is InChI=1S/C11H10BrNO3/c1-6(14)5-11(16)9-7(12)3-2-4-8(9)13-10(11)15/h2-4,16H,5H2,1H3,(H,13,15)/t11-/m0/s1. The molecule has 4 nitrogen and oxygen atoms in total. The molecule has 0 saturated carbocycles. The van der Waals surface area contributed by atoms with Crippen LogP contribution in [0, 0.1) is 0 Å². The van der Waals surface area contributed by atoms with E-state index in [4.69, 9.17) is 0 Å². The van der Waals surface area contributed by atoms with E-state index in [0.29, 0.717) is 15.7 Å². The summed E-state index contributed by atoms with van der Waals surface area (Å²) >= 11 is 3.28. The van der Waals surface area contributed by atoms with Crippen molar-refractivity contribution in [1.82, 2.24) is 0 Å². The molecule has 1 heterocycles. The quantitative estimate of drug-likeness (QED) is 0.866. The fraction of sp³-hybridized carbons (Fsp3) is 0.273. The molecule has 0 unspecified atom stereocenters. The Kier molecular flexibility index (Phi) is 2.59. The van der Waals surface area contributed by atoms with Crippen LogP contribution in [0.2, 0.25) is 0 Å². The number of hydrogen-bond acceptors (Lipinski definition) is 3. The molecular formula is C11H10BrNO3. The Bertz CT molecular complexity index is 486. The third-order valence-corrected chi connectivity index (χ3v) is 3.22. The van der Waals surface area contributed by atoms with Crippen molar-refractivity contribution in [2.24, 2.45) is 0 Å². The van der Waals surface area contributed by atoms with Crippen LogP contribution in [0.25, 0.3) is 0 Å². The van der Waals surface area contributed by atoms with Gasteiger partial charge in [0.15, 0.2) is 5.60 Å². The van der Waals surface area contributed by atoms with Crippen molar-refractivity contribution in [1.29, 1.82) is 0 Å². The van der Waals surface area contributed by atoms with E-state index in [0.717, 1.165) is 0 Å². The lowest BCUT2D eigenvalue weighted by molar-refractivity contribution is -0.139. The van der Waals surface area contributed by atoms with Crippen molar-refractivity contribution < 1.29 is 14.7 Å². The smallest absolute Gasteiger partial charge is 0.261 e. The van der Waals surface area contributed by atoms with E-state index in [-0.39, 0.29) is 12.2 Å².